The predicted octanol–water partition coefficient (Wildman–Crippen LogP) is 2.01. The molecule has 4 heteroatoms. The van der Waals surface area contributed by atoms with Crippen LogP contribution in [0.5, 0.6) is 0 Å². The van der Waals surface area contributed by atoms with Gasteiger partial charge >= 0.3 is 0 Å². The Morgan fingerprint density at radius 2 is 2.05 bits per heavy atom. The van der Waals surface area contributed by atoms with Gasteiger partial charge in [-0.05, 0) is 50.2 Å². The molecule has 1 aliphatic carbocycles. The Morgan fingerprint density at radius 1 is 1.37 bits per heavy atom. The first kappa shape index (κ1) is 14.0. The maximum atomic E-state index is 12.4. The zero-order chi connectivity index (χ0) is 13.8. The van der Waals surface area contributed by atoms with Crippen molar-refractivity contribution in [3.63, 3.8) is 0 Å². The third kappa shape index (κ3) is 3.32. The first-order valence-electron chi connectivity index (χ1n) is 6.91. The molecule has 0 spiro atoms. The smallest absolute Gasteiger partial charge is 0.255 e. The lowest BCUT2D eigenvalue weighted by molar-refractivity contribution is 0.0652. The molecular weight excluding hydrogens is 240 g/mol. The number of aliphatic hydroxyl groups is 1. The highest BCUT2D eigenvalue weighted by Gasteiger charge is 2.26. The van der Waals surface area contributed by atoms with Crippen LogP contribution in [0.4, 0.5) is 0 Å². The van der Waals surface area contributed by atoms with Crippen LogP contribution in [-0.2, 0) is 0 Å². The summed E-state index contributed by atoms with van der Waals surface area (Å²) in [4.78, 5) is 18.3. The van der Waals surface area contributed by atoms with Crippen molar-refractivity contribution >= 4 is 5.91 Å². The molecule has 0 radical (unpaired) electrons. The Balaban J connectivity index is 2.00. The van der Waals surface area contributed by atoms with Crippen LogP contribution in [0.1, 0.15) is 41.6 Å². The summed E-state index contributed by atoms with van der Waals surface area (Å²) in [7, 11) is 1.87. The molecule has 2 rings (SSSR count). The van der Waals surface area contributed by atoms with E-state index in [-0.39, 0.29) is 18.6 Å². The van der Waals surface area contributed by atoms with Crippen LogP contribution in [-0.4, -0.2) is 40.6 Å². The highest BCUT2D eigenvalue weighted by Crippen LogP contribution is 2.27. The Kier molecular flexibility index (Phi) is 4.53. The molecule has 0 bridgehead atoms. The number of hydrogen-bond acceptors (Lipinski definition) is 3. The topological polar surface area (TPSA) is 53.4 Å². The SMILES string of the molecule is Cc1cncc(C(=O)N(C)C2CCC(CO)CC2)c1. The van der Waals surface area contributed by atoms with Crippen molar-refractivity contribution in [2.75, 3.05) is 13.7 Å². The largest absolute Gasteiger partial charge is 0.396 e. The number of carbonyl (C=O) groups is 1. The van der Waals surface area contributed by atoms with E-state index in [1.807, 2.05) is 24.9 Å². The number of carbonyl (C=O) groups excluding carboxylic acids is 1. The Morgan fingerprint density at radius 3 is 2.63 bits per heavy atom. The molecule has 0 saturated heterocycles. The lowest BCUT2D eigenvalue weighted by atomic mass is 9.86. The fraction of sp³-hybridized carbons (Fsp3) is 0.600. The summed E-state index contributed by atoms with van der Waals surface area (Å²) in [5, 5.41) is 9.14. The molecule has 1 fully saturated rings. The van der Waals surface area contributed by atoms with Crippen molar-refractivity contribution in [1.82, 2.24) is 9.88 Å². The summed E-state index contributed by atoms with van der Waals surface area (Å²) in [5.74, 6) is 0.462. The van der Waals surface area contributed by atoms with Gasteiger partial charge in [0.05, 0.1) is 5.56 Å². The molecule has 0 aliphatic heterocycles. The Labute approximate surface area is 114 Å². The highest BCUT2D eigenvalue weighted by atomic mass is 16.3. The van der Waals surface area contributed by atoms with Gasteiger partial charge < -0.3 is 10.0 Å². The van der Waals surface area contributed by atoms with Gasteiger partial charge in [0.15, 0.2) is 0 Å². The average molecular weight is 262 g/mol. The molecular formula is C15H22N2O2. The summed E-state index contributed by atoms with van der Waals surface area (Å²) < 4.78 is 0. The van der Waals surface area contributed by atoms with Crippen LogP contribution in [0.15, 0.2) is 18.5 Å². The fourth-order valence-corrected chi connectivity index (χ4v) is 2.76. The van der Waals surface area contributed by atoms with Gasteiger partial charge in [0, 0.05) is 32.1 Å². The molecule has 0 aromatic carbocycles. The number of aliphatic hydroxyl groups excluding tert-OH is 1. The molecule has 1 heterocycles. The zero-order valence-electron chi connectivity index (χ0n) is 11.7. The molecule has 104 valence electrons. The predicted molar refractivity (Wildman–Crippen MR) is 73.9 cm³/mol. The van der Waals surface area contributed by atoms with E-state index >= 15 is 0 Å². The van der Waals surface area contributed by atoms with Gasteiger partial charge in [-0.15, -0.1) is 0 Å². The minimum Gasteiger partial charge on any atom is -0.396 e. The monoisotopic (exact) mass is 262 g/mol. The Hall–Kier alpha value is -1.42. The summed E-state index contributed by atoms with van der Waals surface area (Å²) in [6.45, 7) is 2.21. The second kappa shape index (κ2) is 6.15. The van der Waals surface area contributed by atoms with Gasteiger partial charge in [-0.2, -0.15) is 0 Å². The van der Waals surface area contributed by atoms with E-state index in [9.17, 15) is 4.79 Å². The summed E-state index contributed by atoms with van der Waals surface area (Å²) in [6, 6.07) is 2.17. The van der Waals surface area contributed by atoms with Crippen LogP contribution in [0.2, 0.25) is 0 Å². The highest BCUT2D eigenvalue weighted by molar-refractivity contribution is 5.94. The molecule has 1 saturated carbocycles. The minimum absolute atomic E-state index is 0.0450. The van der Waals surface area contributed by atoms with Crippen molar-refractivity contribution in [1.29, 1.82) is 0 Å². The molecule has 1 N–H and O–H groups in total. The number of rotatable bonds is 3. The van der Waals surface area contributed by atoms with Crippen molar-refractivity contribution in [2.24, 2.45) is 5.92 Å². The van der Waals surface area contributed by atoms with Gasteiger partial charge in [0.1, 0.15) is 0 Å². The van der Waals surface area contributed by atoms with Crippen LogP contribution < -0.4 is 0 Å². The van der Waals surface area contributed by atoms with Crippen LogP contribution >= 0.6 is 0 Å². The van der Waals surface area contributed by atoms with Crippen molar-refractivity contribution < 1.29 is 9.90 Å². The zero-order valence-corrected chi connectivity index (χ0v) is 11.7. The lowest BCUT2D eigenvalue weighted by Crippen LogP contribution is -2.39. The van der Waals surface area contributed by atoms with Gasteiger partial charge in [-0.1, -0.05) is 0 Å². The van der Waals surface area contributed by atoms with E-state index in [0.717, 1.165) is 31.2 Å². The second-order valence-electron chi connectivity index (χ2n) is 5.52. The van der Waals surface area contributed by atoms with E-state index < -0.39 is 0 Å². The molecule has 0 atom stereocenters. The van der Waals surface area contributed by atoms with Gasteiger partial charge in [0.25, 0.3) is 5.91 Å². The normalized spacial score (nSPS) is 23.1. The van der Waals surface area contributed by atoms with E-state index in [1.54, 1.807) is 12.4 Å². The molecule has 0 unspecified atom stereocenters. The maximum Gasteiger partial charge on any atom is 0.255 e. The van der Waals surface area contributed by atoms with E-state index in [0.29, 0.717) is 11.5 Å². The summed E-state index contributed by atoms with van der Waals surface area (Å²) >= 11 is 0. The third-order valence-corrected chi connectivity index (χ3v) is 4.06. The number of amides is 1. The average Bonchev–Trinajstić information content (AvgIpc) is 2.46. The number of hydrogen-bond donors (Lipinski definition) is 1. The Bertz CT molecular complexity index is 440. The number of nitrogens with zero attached hydrogens (tertiary/aromatic N) is 2. The van der Waals surface area contributed by atoms with Crippen LogP contribution in [0.25, 0.3) is 0 Å². The molecule has 1 aliphatic rings. The molecule has 1 amide bonds. The molecule has 1 aromatic rings. The quantitative estimate of drug-likeness (QED) is 0.906. The van der Waals surface area contributed by atoms with Crippen molar-refractivity contribution in [3.8, 4) is 0 Å². The molecule has 4 nitrogen and oxygen atoms in total. The molecule has 19 heavy (non-hydrogen) atoms. The first-order chi connectivity index (χ1) is 9.11. The number of pyridine rings is 1. The second-order valence-corrected chi connectivity index (χ2v) is 5.52. The van der Waals surface area contributed by atoms with E-state index in [2.05, 4.69) is 4.98 Å². The van der Waals surface area contributed by atoms with Crippen LogP contribution in [0.3, 0.4) is 0 Å². The maximum absolute atomic E-state index is 12.4. The van der Waals surface area contributed by atoms with Gasteiger partial charge in [0.2, 0.25) is 0 Å². The fourth-order valence-electron chi connectivity index (χ4n) is 2.76. The number of aromatic nitrogens is 1. The van der Waals surface area contributed by atoms with E-state index in [1.165, 1.54) is 0 Å². The lowest BCUT2D eigenvalue weighted by Gasteiger charge is -2.34. The van der Waals surface area contributed by atoms with Crippen molar-refractivity contribution in [2.45, 2.75) is 38.6 Å². The van der Waals surface area contributed by atoms with Gasteiger partial charge in [-0.3, -0.25) is 9.78 Å². The first-order valence-corrected chi connectivity index (χ1v) is 6.91. The summed E-state index contributed by atoms with van der Waals surface area (Å²) in [5.41, 5.74) is 1.66. The van der Waals surface area contributed by atoms with Crippen molar-refractivity contribution in [3.05, 3.63) is 29.6 Å². The molecule has 1 aromatic heterocycles. The van der Waals surface area contributed by atoms with Crippen LogP contribution in [0, 0.1) is 12.8 Å². The summed E-state index contributed by atoms with van der Waals surface area (Å²) in [6.07, 6.45) is 7.35. The standard InChI is InChI=1S/C15H22N2O2/c1-11-7-13(9-16-8-11)15(19)17(2)14-5-3-12(10-18)4-6-14/h7-9,12,14,18H,3-6,10H2,1-2H3. The van der Waals surface area contributed by atoms with Gasteiger partial charge in [-0.25, -0.2) is 0 Å². The number of aryl methyl sites for hydroxylation is 1. The third-order valence-electron chi connectivity index (χ3n) is 4.06. The minimum atomic E-state index is 0.0450. The van der Waals surface area contributed by atoms with E-state index in [4.69, 9.17) is 5.11 Å².